The molecule has 1 saturated carbocycles. The number of nitrogens with zero attached hydrogens (tertiary/aromatic N) is 1. The first-order valence-electron chi connectivity index (χ1n) is 5.54. The molecule has 0 saturated heterocycles. The standard InChI is InChI=1S/C11H22BrN/c1-3-5-8-13(4-2)10-11(9-12)6-7-11/h3-10H2,1-2H3. The average molecular weight is 248 g/mol. The summed E-state index contributed by atoms with van der Waals surface area (Å²) in [5.74, 6) is 0. The van der Waals surface area contributed by atoms with Crippen molar-refractivity contribution in [1.29, 1.82) is 0 Å². The molecule has 2 heteroatoms. The zero-order valence-electron chi connectivity index (χ0n) is 8.98. The van der Waals surface area contributed by atoms with E-state index in [2.05, 4.69) is 34.7 Å². The smallest absolute Gasteiger partial charge is 0.0100 e. The molecule has 0 unspecified atom stereocenters. The molecule has 78 valence electrons. The van der Waals surface area contributed by atoms with Gasteiger partial charge in [-0.2, -0.15) is 0 Å². The van der Waals surface area contributed by atoms with Crippen LogP contribution in [-0.2, 0) is 0 Å². The molecule has 1 fully saturated rings. The first-order chi connectivity index (χ1) is 6.26. The van der Waals surface area contributed by atoms with E-state index in [4.69, 9.17) is 0 Å². The molecule has 0 radical (unpaired) electrons. The number of rotatable bonds is 7. The summed E-state index contributed by atoms with van der Waals surface area (Å²) in [6.45, 7) is 8.37. The molecule has 1 aliphatic rings. The molecule has 0 spiro atoms. The molecule has 0 aromatic heterocycles. The van der Waals surface area contributed by atoms with Crippen molar-refractivity contribution in [3.05, 3.63) is 0 Å². The molecule has 0 aromatic rings. The average Bonchev–Trinajstić information content (AvgIpc) is 2.93. The van der Waals surface area contributed by atoms with Crippen molar-refractivity contribution in [1.82, 2.24) is 4.90 Å². The Balaban J connectivity index is 2.22. The molecule has 0 bridgehead atoms. The molecule has 1 nitrogen and oxygen atoms in total. The highest BCUT2D eigenvalue weighted by molar-refractivity contribution is 9.09. The summed E-state index contributed by atoms with van der Waals surface area (Å²) in [6, 6.07) is 0. The lowest BCUT2D eigenvalue weighted by Crippen LogP contribution is -2.32. The third-order valence-corrected chi connectivity index (χ3v) is 4.26. The van der Waals surface area contributed by atoms with E-state index in [0.717, 1.165) is 0 Å². The second-order valence-corrected chi connectivity index (χ2v) is 4.92. The zero-order chi connectivity index (χ0) is 9.73. The van der Waals surface area contributed by atoms with Crippen molar-refractivity contribution < 1.29 is 0 Å². The van der Waals surface area contributed by atoms with Gasteiger partial charge in [0.25, 0.3) is 0 Å². The second-order valence-electron chi connectivity index (χ2n) is 4.36. The monoisotopic (exact) mass is 247 g/mol. The summed E-state index contributed by atoms with van der Waals surface area (Å²) in [7, 11) is 0. The molecular weight excluding hydrogens is 226 g/mol. The molecule has 0 aromatic carbocycles. The van der Waals surface area contributed by atoms with Gasteiger partial charge in [-0.3, -0.25) is 0 Å². The van der Waals surface area contributed by atoms with Crippen LogP contribution < -0.4 is 0 Å². The van der Waals surface area contributed by atoms with Gasteiger partial charge < -0.3 is 4.90 Å². The van der Waals surface area contributed by atoms with Crippen LogP contribution in [0.3, 0.4) is 0 Å². The topological polar surface area (TPSA) is 3.24 Å². The van der Waals surface area contributed by atoms with E-state index in [-0.39, 0.29) is 0 Å². The normalized spacial score (nSPS) is 19.4. The van der Waals surface area contributed by atoms with Crippen LogP contribution in [0.15, 0.2) is 0 Å². The maximum atomic E-state index is 3.63. The van der Waals surface area contributed by atoms with Crippen molar-refractivity contribution in [3.63, 3.8) is 0 Å². The van der Waals surface area contributed by atoms with Crippen molar-refractivity contribution in [3.8, 4) is 0 Å². The third-order valence-electron chi connectivity index (χ3n) is 3.07. The molecule has 0 heterocycles. The zero-order valence-corrected chi connectivity index (χ0v) is 10.6. The first-order valence-corrected chi connectivity index (χ1v) is 6.67. The van der Waals surface area contributed by atoms with Gasteiger partial charge >= 0.3 is 0 Å². The molecule has 13 heavy (non-hydrogen) atoms. The van der Waals surface area contributed by atoms with Gasteiger partial charge in [-0.25, -0.2) is 0 Å². The van der Waals surface area contributed by atoms with Gasteiger partial charge in [-0.05, 0) is 37.8 Å². The second kappa shape index (κ2) is 5.35. The Kier molecular flexibility index (Phi) is 4.74. The van der Waals surface area contributed by atoms with Crippen LogP contribution in [0.1, 0.15) is 39.5 Å². The van der Waals surface area contributed by atoms with E-state index >= 15 is 0 Å². The van der Waals surface area contributed by atoms with Crippen molar-refractivity contribution in [2.24, 2.45) is 5.41 Å². The first kappa shape index (κ1) is 11.5. The minimum Gasteiger partial charge on any atom is -0.303 e. The predicted molar refractivity (Wildman–Crippen MR) is 62.5 cm³/mol. The Morgan fingerprint density at radius 3 is 2.38 bits per heavy atom. The molecule has 0 N–H and O–H groups in total. The highest BCUT2D eigenvalue weighted by Gasteiger charge is 2.42. The van der Waals surface area contributed by atoms with Crippen molar-refractivity contribution >= 4 is 15.9 Å². The van der Waals surface area contributed by atoms with E-state index in [1.807, 2.05) is 0 Å². The van der Waals surface area contributed by atoms with Gasteiger partial charge in [-0.15, -0.1) is 0 Å². The van der Waals surface area contributed by atoms with Gasteiger partial charge in [-0.1, -0.05) is 36.2 Å². The fourth-order valence-corrected chi connectivity index (χ4v) is 2.45. The van der Waals surface area contributed by atoms with Gasteiger partial charge in [0.2, 0.25) is 0 Å². The van der Waals surface area contributed by atoms with Crippen molar-refractivity contribution in [2.45, 2.75) is 39.5 Å². The number of hydrogen-bond donors (Lipinski definition) is 0. The Bertz CT molecular complexity index is 143. The van der Waals surface area contributed by atoms with Gasteiger partial charge in [0.15, 0.2) is 0 Å². The Morgan fingerprint density at radius 2 is 2.00 bits per heavy atom. The Hall–Kier alpha value is 0.440. The van der Waals surface area contributed by atoms with Crippen LogP contribution >= 0.6 is 15.9 Å². The molecule has 0 amide bonds. The van der Waals surface area contributed by atoms with Gasteiger partial charge in [0.1, 0.15) is 0 Å². The van der Waals surface area contributed by atoms with Gasteiger partial charge in [0.05, 0.1) is 0 Å². The lowest BCUT2D eigenvalue weighted by molar-refractivity contribution is 0.238. The van der Waals surface area contributed by atoms with Crippen LogP contribution in [-0.4, -0.2) is 29.9 Å². The summed E-state index contributed by atoms with van der Waals surface area (Å²) in [6.07, 6.45) is 5.53. The SMILES string of the molecule is CCCCN(CC)CC1(CBr)CC1. The van der Waals surface area contributed by atoms with Gasteiger partial charge in [0, 0.05) is 11.9 Å². The maximum Gasteiger partial charge on any atom is 0.0100 e. The lowest BCUT2D eigenvalue weighted by Gasteiger charge is -2.24. The molecule has 0 atom stereocenters. The van der Waals surface area contributed by atoms with E-state index in [0.29, 0.717) is 5.41 Å². The number of halogens is 1. The third kappa shape index (κ3) is 3.59. The van der Waals surface area contributed by atoms with E-state index < -0.39 is 0 Å². The Labute approximate surface area is 91.0 Å². The summed E-state index contributed by atoms with van der Waals surface area (Å²) in [5, 5.41) is 1.20. The minimum absolute atomic E-state index is 0.656. The quantitative estimate of drug-likeness (QED) is 0.625. The Morgan fingerprint density at radius 1 is 1.31 bits per heavy atom. The van der Waals surface area contributed by atoms with Crippen LogP contribution in [0.2, 0.25) is 0 Å². The van der Waals surface area contributed by atoms with Crippen molar-refractivity contribution in [2.75, 3.05) is 25.0 Å². The fourth-order valence-electron chi connectivity index (χ4n) is 1.72. The molecule has 1 rings (SSSR count). The molecule has 1 aliphatic carbocycles. The molecule has 0 aliphatic heterocycles. The van der Waals surface area contributed by atoms with E-state index in [1.54, 1.807) is 0 Å². The summed E-state index contributed by atoms with van der Waals surface area (Å²) >= 11 is 3.63. The fraction of sp³-hybridized carbons (Fsp3) is 1.00. The summed E-state index contributed by atoms with van der Waals surface area (Å²) < 4.78 is 0. The van der Waals surface area contributed by atoms with E-state index in [9.17, 15) is 0 Å². The van der Waals surface area contributed by atoms with E-state index in [1.165, 1.54) is 50.6 Å². The lowest BCUT2D eigenvalue weighted by atomic mass is 10.1. The number of hydrogen-bond acceptors (Lipinski definition) is 1. The predicted octanol–water partition coefficient (Wildman–Crippen LogP) is 3.28. The largest absolute Gasteiger partial charge is 0.303 e. The highest BCUT2D eigenvalue weighted by atomic mass is 79.9. The molecular formula is C11H22BrN. The number of alkyl halides is 1. The van der Waals surface area contributed by atoms with Crippen LogP contribution in [0, 0.1) is 5.41 Å². The maximum absolute atomic E-state index is 3.63. The minimum atomic E-state index is 0.656. The van der Waals surface area contributed by atoms with Crippen LogP contribution in [0.5, 0.6) is 0 Å². The highest BCUT2D eigenvalue weighted by Crippen LogP contribution is 2.47. The number of unbranched alkanes of at least 4 members (excludes halogenated alkanes) is 1. The summed E-state index contributed by atoms with van der Waals surface area (Å²) in [5.41, 5.74) is 0.656. The van der Waals surface area contributed by atoms with Crippen LogP contribution in [0.4, 0.5) is 0 Å². The summed E-state index contributed by atoms with van der Waals surface area (Å²) in [4.78, 5) is 2.61. The van der Waals surface area contributed by atoms with Crippen LogP contribution in [0.25, 0.3) is 0 Å².